The molecule has 0 fully saturated rings. The Hall–Kier alpha value is -3.64. The van der Waals surface area contributed by atoms with Gasteiger partial charge in [0, 0.05) is 0 Å². The number of hydrogen-bond acceptors (Lipinski definition) is 0. The number of rotatable bonds is 1. The molecule has 0 saturated carbocycles. The molecule has 1 aliphatic carbocycles. The summed E-state index contributed by atoms with van der Waals surface area (Å²) in [6.07, 6.45) is 1.02. The molecule has 0 radical (unpaired) electrons. The summed E-state index contributed by atoms with van der Waals surface area (Å²) in [5, 5.41) is 8.11. The van der Waals surface area contributed by atoms with E-state index in [0.29, 0.717) is 0 Å². The maximum absolute atomic E-state index is 2.32. The zero-order valence-electron chi connectivity index (χ0n) is 15.9. The van der Waals surface area contributed by atoms with E-state index in [1.54, 1.807) is 0 Å². The predicted octanol–water partition coefficient (Wildman–Crippen LogP) is 7.82. The molecule has 0 heteroatoms. The fourth-order valence-electron chi connectivity index (χ4n) is 5.38. The zero-order valence-corrected chi connectivity index (χ0v) is 15.9. The SMILES string of the molecule is c1ccc2c(c1)Cc1c-2cccc1-c1ccc2ccc3cccc4ccc1c2c34. The highest BCUT2D eigenvalue weighted by molar-refractivity contribution is 6.25. The molecule has 0 bridgehead atoms. The van der Waals surface area contributed by atoms with Crippen LogP contribution >= 0.6 is 0 Å². The van der Waals surface area contributed by atoms with Gasteiger partial charge in [0.05, 0.1) is 0 Å². The molecule has 6 aromatic carbocycles. The first kappa shape index (κ1) is 15.3. The lowest BCUT2D eigenvalue weighted by molar-refractivity contribution is 1.27. The number of fused-ring (bicyclic) bond motifs is 3. The van der Waals surface area contributed by atoms with E-state index < -0.39 is 0 Å². The highest BCUT2D eigenvalue weighted by Crippen LogP contribution is 2.45. The molecule has 0 aromatic heterocycles. The Morgan fingerprint density at radius 3 is 1.90 bits per heavy atom. The van der Waals surface area contributed by atoms with Crippen LogP contribution < -0.4 is 0 Å². The first-order valence-corrected chi connectivity index (χ1v) is 10.3. The van der Waals surface area contributed by atoms with Crippen LogP contribution in [0.2, 0.25) is 0 Å². The van der Waals surface area contributed by atoms with Crippen molar-refractivity contribution in [2.24, 2.45) is 0 Å². The van der Waals surface area contributed by atoms with E-state index in [1.807, 2.05) is 0 Å². The van der Waals surface area contributed by atoms with Gasteiger partial charge in [0.1, 0.15) is 0 Å². The van der Waals surface area contributed by atoms with Gasteiger partial charge in [-0.25, -0.2) is 0 Å². The van der Waals surface area contributed by atoms with E-state index >= 15 is 0 Å². The first-order valence-electron chi connectivity index (χ1n) is 10.3. The normalized spacial score (nSPS) is 12.7. The van der Waals surface area contributed by atoms with Crippen LogP contribution in [-0.4, -0.2) is 0 Å². The second-order valence-electron chi connectivity index (χ2n) is 8.13. The van der Waals surface area contributed by atoms with Gasteiger partial charge >= 0.3 is 0 Å². The molecule has 0 spiro atoms. The molecule has 0 N–H and O–H groups in total. The third-order valence-corrected chi connectivity index (χ3v) is 6.67. The average molecular weight is 366 g/mol. The summed E-state index contributed by atoms with van der Waals surface area (Å²) >= 11 is 0. The van der Waals surface area contributed by atoms with Crippen LogP contribution in [0, 0.1) is 0 Å². The minimum Gasteiger partial charge on any atom is -0.0619 e. The molecule has 0 unspecified atom stereocenters. The minimum atomic E-state index is 1.02. The highest BCUT2D eigenvalue weighted by atomic mass is 14.3. The molecule has 0 atom stereocenters. The van der Waals surface area contributed by atoms with Gasteiger partial charge in [-0.1, -0.05) is 97.1 Å². The summed E-state index contributed by atoms with van der Waals surface area (Å²) in [4.78, 5) is 0. The Labute approximate surface area is 169 Å². The second kappa shape index (κ2) is 5.46. The third-order valence-electron chi connectivity index (χ3n) is 6.67. The van der Waals surface area contributed by atoms with Crippen molar-refractivity contribution >= 4 is 32.3 Å². The lowest BCUT2D eigenvalue weighted by Crippen LogP contribution is -1.91. The molecule has 0 aliphatic heterocycles. The molecular weight excluding hydrogens is 348 g/mol. The van der Waals surface area contributed by atoms with Crippen molar-refractivity contribution in [1.29, 1.82) is 0 Å². The molecule has 7 rings (SSSR count). The fraction of sp³-hybridized carbons (Fsp3) is 0.0345. The van der Waals surface area contributed by atoms with E-state index in [0.717, 1.165) is 6.42 Å². The summed E-state index contributed by atoms with van der Waals surface area (Å²) in [6, 6.07) is 36.0. The molecule has 6 aromatic rings. The molecule has 134 valence electrons. The van der Waals surface area contributed by atoms with Crippen molar-refractivity contribution in [3.8, 4) is 22.3 Å². The summed E-state index contributed by atoms with van der Waals surface area (Å²) in [6.45, 7) is 0. The number of hydrogen-bond donors (Lipinski definition) is 0. The van der Waals surface area contributed by atoms with Gasteiger partial charge < -0.3 is 0 Å². The van der Waals surface area contributed by atoms with Crippen LogP contribution in [0.25, 0.3) is 54.6 Å². The Kier molecular flexibility index (Phi) is 2.88. The lowest BCUT2D eigenvalue weighted by atomic mass is 9.87. The number of benzene rings is 6. The quantitative estimate of drug-likeness (QED) is 0.260. The molecule has 29 heavy (non-hydrogen) atoms. The average Bonchev–Trinajstić information content (AvgIpc) is 3.16. The lowest BCUT2D eigenvalue weighted by Gasteiger charge is -2.16. The van der Waals surface area contributed by atoms with Crippen LogP contribution in [0.3, 0.4) is 0 Å². The van der Waals surface area contributed by atoms with Crippen molar-refractivity contribution in [1.82, 2.24) is 0 Å². The largest absolute Gasteiger partial charge is 0.0619 e. The van der Waals surface area contributed by atoms with Crippen molar-refractivity contribution in [2.75, 3.05) is 0 Å². The second-order valence-corrected chi connectivity index (χ2v) is 8.13. The van der Waals surface area contributed by atoms with Crippen molar-refractivity contribution in [3.63, 3.8) is 0 Å². The van der Waals surface area contributed by atoms with E-state index in [1.165, 1.54) is 65.7 Å². The monoisotopic (exact) mass is 366 g/mol. The van der Waals surface area contributed by atoms with E-state index in [9.17, 15) is 0 Å². The van der Waals surface area contributed by atoms with Crippen LogP contribution in [0.5, 0.6) is 0 Å². The Morgan fingerprint density at radius 2 is 1.03 bits per heavy atom. The standard InChI is InChI=1S/C29H18/c1-2-8-22-21(5-1)17-27-23(22)9-4-10-24(27)25-15-13-20-12-11-18-6-3-7-19-14-16-26(25)29(20)28(18)19/h1-16H,17H2. The summed E-state index contributed by atoms with van der Waals surface area (Å²) in [7, 11) is 0. The molecular formula is C29H18. The van der Waals surface area contributed by atoms with E-state index in [2.05, 4.69) is 97.1 Å². The van der Waals surface area contributed by atoms with E-state index in [-0.39, 0.29) is 0 Å². The van der Waals surface area contributed by atoms with Crippen LogP contribution in [0.1, 0.15) is 11.1 Å². The van der Waals surface area contributed by atoms with Crippen molar-refractivity contribution < 1.29 is 0 Å². The summed E-state index contributed by atoms with van der Waals surface area (Å²) < 4.78 is 0. The maximum atomic E-state index is 2.32. The first-order chi connectivity index (χ1) is 14.4. The van der Waals surface area contributed by atoms with Gasteiger partial charge in [0.15, 0.2) is 0 Å². The van der Waals surface area contributed by atoms with Gasteiger partial charge in [-0.05, 0) is 72.1 Å². The molecule has 0 heterocycles. The Balaban J connectivity index is 1.58. The molecule has 0 nitrogen and oxygen atoms in total. The maximum Gasteiger partial charge on any atom is -0.000728 e. The zero-order chi connectivity index (χ0) is 18.9. The fourth-order valence-corrected chi connectivity index (χ4v) is 5.38. The Morgan fingerprint density at radius 1 is 0.414 bits per heavy atom. The third kappa shape index (κ3) is 1.98. The van der Waals surface area contributed by atoms with Gasteiger partial charge in [0.25, 0.3) is 0 Å². The predicted molar refractivity (Wildman–Crippen MR) is 124 cm³/mol. The smallest absolute Gasteiger partial charge is 0.000728 e. The van der Waals surface area contributed by atoms with Gasteiger partial charge in [-0.15, -0.1) is 0 Å². The summed E-state index contributed by atoms with van der Waals surface area (Å²) in [5.41, 5.74) is 8.40. The minimum absolute atomic E-state index is 1.02. The Bertz CT molecular complexity index is 1550. The van der Waals surface area contributed by atoms with Crippen molar-refractivity contribution in [3.05, 3.63) is 108 Å². The molecule has 0 saturated heterocycles. The van der Waals surface area contributed by atoms with Gasteiger partial charge in [0.2, 0.25) is 0 Å². The highest BCUT2D eigenvalue weighted by Gasteiger charge is 2.22. The van der Waals surface area contributed by atoms with Crippen LogP contribution in [0.15, 0.2) is 97.1 Å². The van der Waals surface area contributed by atoms with E-state index in [4.69, 9.17) is 0 Å². The van der Waals surface area contributed by atoms with Crippen LogP contribution in [0.4, 0.5) is 0 Å². The van der Waals surface area contributed by atoms with Gasteiger partial charge in [-0.2, -0.15) is 0 Å². The van der Waals surface area contributed by atoms with Crippen molar-refractivity contribution in [2.45, 2.75) is 6.42 Å². The topological polar surface area (TPSA) is 0 Å². The summed E-state index contributed by atoms with van der Waals surface area (Å²) in [5.74, 6) is 0. The molecule has 0 amide bonds. The van der Waals surface area contributed by atoms with Gasteiger partial charge in [-0.3, -0.25) is 0 Å². The van der Waals surface area contributed by atoms with Crippen LogP contribution in [-0.2, 0) is 6.42 Å². The molecule has 1 aliphatic rings.